The van der Waals surface area contributed by atoms with Crippen molar-refractivity contribution in [3.63, 3.8) is 0 Å². The molecule has 0 saturated heterocycles. The number of carbonyl (C=O) groups is 1. The zero-order valence-corrected chi connectivity index (χ0v) is 14.5. The van der Waals surface area contributed by atoms with Crippen molar-refractivity contribution in [3.05, 3.63) is 64.0 Å². The van der Waals surface area contributed by atoms with E-state index < -0.39 is 26.5 Å². The molecule has 0 aliphatic carbocycles. The normalized spacial score (nSPS) is 11.0. The Hall–Kier alpha value is -3.01. The Kier molecular flexibility index (Phi) is 5.88. The van der Waals surface area contributed by atoms with Crippen LogP contribution in [0.3, 0.4) is 0 Å². The Bertz CT molecular complexity index is 947. The molecule has 2 rings (SSSR count). The van der Waals surface area contributed by atoms with Crippen molar-refractivity contribution in [3.8, 4) is 0 Å². The van der Waals surface area contributed by atoms with Gasteiger partial charge < -0.3 is 10.6 Å². The van der Waals surface area contributed by atoms with E-state index in [0.29, 0.717) is 0 Å². The topological polar surface area (TPSA) is 118 Å². The van der Waals surface area contributed by atoms with Crippen molar-refractivity contribution in [2.75, 3.05) is 24.7 Å². The fraction of sp³-hybridized carbons (Fsp3) is 0.188. The molecule has 138 valence electrons. The van der Waals surface area contributed by atoms with Crippen LogP contribution in [0.5, 0.6) is 0 Å². The van der Waals surface area contributed by atoms with Crippen LogP contribution in [0.4, 0.5) is 15.8 Å². The highest BCUT2D eigenvalue weighted by Gasteiger charge is 2.18. The number of nitro benzene ring substituents is 1. The van der Waals surface area contributed by atoms with Gasteiger partial charge in [0.15, 0.2) is 9.84 Å². The standard InChI is InChI=1S/C16H16FN3O5S/c1-26(24,25)15-10-11(20(22)23)6-7-14(15)18-8-9-19-16(21)12-4-2-3-5-13(12)17/h2-7,10,18H,8-9H2,1H3,(H,19,21). The van der Waals surface area contributed by atoms with Gasteiger partial charge in [0, 0.05) is 31.5 Å². The number of amides is 1. The maximum atomic E-state index is 13.5. The second-order valence-corrected chi connectivity index (χ2v) is 7.36. The molecule has 8 nitrogen and oxygen atoms in total. The van der Waals surface area contributed by atoms with Gasteiger partial charge in [-0.2, -0.15) is 0 Å². The number of nitro groups is 1. The van der Waals surface area contributed by atoms with Crippen molar-refractivity contribution < 1.29 is 22.5 Å². The third-order valence-corrected chi connectivity index (χ3v) is 4.56. The van der Waals surface area contributed by atoms with Crippen LogP contribution in [0.15, 0.2) is 47.4 Å². The third kappa shape index (κ3) is 4.76. The molecular weight excluding hydrogens is 365 g/mol. The van der Waals surface area contributed by atoms with Crippen molar-refractivity contribution in [1.82, 2.24) is 5.32 Å². The molecule has 0 aromatic heterocycles. The lowest BCUT2D eigenvalue weighted by Gasteiger charge is -2.11. The van der Waals surface area contributed by atoms with E-state index in [1.54, 1.807) is 0 Å². The molecule has 2 aromatic carbocycles. The van der Waals surface area contributed by atoms with Gasteiger partial charge in [-0.3, -0.25) is 14.9 Å². The summed E-state index contributed by atoms with van der Waals surface area (Å²) in [7, 11) is -3.70. The summed E-state index contributed by atoms with van der Waals surface area (Å²) < 4.78 is 37.1. The molecule has 0 saturated carbocycles. The monoisotopic (exact) mass is 381 g/mol. The molecular formula is C16H16FN3O5S. The number of hydrogen-bond acceptors (Lipinski definition) is 6. The highest BCUT2D eigenvalue weighted by atomic mass is 32.2. The van der Waals surface area contributed by atoms with Crippen molar-refractivity contribution in [2.24, 2.45) is 0 Å². The van der Waals surface area contributed by atoms with Crippen LogP contribution in [0.25, 0.3) is 0 Å². The molecule has 0 aliphatic heterocycles. The van der Waals surface area contributed by atoms with E-state index in [2.05, 4.69) is 10.6 Å². The first-order valence-electron chi connectivity index (χ1n) is 7.45. The molecule has 0 radical (unpaired) electrons. The summed E-state index contributed by atoms with van der Waals surface area (Å²) in [5, 5.41) is 16.1. The summed E-state index contributed by atoms with van der Waals surface area (Å²) in [6.45, 7) is 0.230. The maximum Gasteiger partial charge on any atom is 0.270 e. The first-order valence-corrected chi connectivity index (χ1v) is 9.34. The Balaban J connectivity index is 2.03. The molecule has 0 spiro atoms. The van der Waals surface area contributed by atoms with E-state index >= 15 is 0 Å². The summed E-state index contributed by atoms with van der Waals surface area (Å²) in [4.78, 5) is 21.8. The molecule has 0 unspecified atom stereocenters. The number of hydrogen-bond donors (Lipinski definition) is 2. The lowest BCUT2D eigenvalue weighted by molar-refractivity contribution is -0.385. The molecule has 2 aromatic rings. The van der Waals surface area contributed by atoms with Crippen molar-refractivity contribution >= 4 is 27.1 Å². The minimum absolute atomic E-state index is 0.0906. The zero-order valence-electron chi connectivity index (χ0n) is 13.7. The van der Waals surface area contributed by atoms with Gasteiger partial charge in [-0.15, -0.1) is 0 Å². The van der Waals surface area contributed by atoms with Crippen LogP contribution < -0.4 is 10.6 Å². The lowest BCUT2D eigenvalue weighted by atomic mass is 10.2. The van der Waals surface area contributed by atoms with Crippen LogP contribution in [0.1, 0.15) is 10.4 Å². The molecule has 0 heterocycles. The van der Waals surface area contributed by atoms with E-state index in [4.69, 9.17) is 0 Å². The predicted molar refractivity (Wildman–Crippen MR) is 93.4 cm³/mol. The smallest absolute Gasteiger partial charge is 0.270 e. The molecule has 10 heteroatoms. The number of nitrogens with zero attached hydrogens (tertiary/aromatic N) is 1. The summed E-state index contributed by atoms with van der Waals surface area (Å²) >= 11 is 0. The zero-order chi connectivity index (χ0) is 19.3. The molecule has 26 heavy (non-hydrogen) atoms. The van der Waals surface area contributed by atoms with Crippen LogP contribution >= 0.6 is 0 Å². The number of nitrogens with one attached hydrogen (secondary N) is 2. The fourth-order valence-corrected chi connectivity index (χ4v) is 3.07. The number of rotatable bonds is 7. The largest absolute Gasteiger partial charge is 0.382 e. The summed E-state index contributed by atoms with van der Waals surface area (Å²) in [6, 6.07) is 8.94. The molecule has 2 N–H and O–H groups in total. The van der Waals surface area contributed by atoms with Crippen LogP contribution in [-0.2, 0) is 9.84 Å². The maximum absolute atomic E-state index is 13.5. The predicted octanol–water partition coefficient (Wildman–Crippen LogP) is 1.98. The SMILES string of the molecule is CS(=O)(=O)c1cc([N+](=O)[O-])ccc1NCCNC(=O)c1ccccc1F. The molecule has 0 bridgehead atoms. The second-order valence-electron chi connectivity index (χ2n) is 5.37. The quantitative estimate of drug-likeness (QED) is 0.430. The Morgan fingerprint density at radius 1 is 1.19 bits per heavy atom. The third-order valence-electron chi connectivity index (χ3n) is 3.42. The molecule has 0 atom stereocenters. The minimum atomic E-state index is -3.70. The average molecular weight is 381 g/mol. The number of sulfone groups is 1. The van der Waals surface area contributed by atoms with Crippen LogP contribution in [0, 0.1) is 15.9 Å². The highest BCUT2D eigenvalue weighted by Crippen LogP contribution is 2.26. The summed E-state index contributed by atoms with van der Waals surface area (Å²) in [5.41, 5.74) is -0.262. The van der Waals surface area contributed by atoms with Gasteiger partial charge in [-0.1, -0.05) is 12.1 Å². The molecule has 1 amide bonds. The Morgan fingerprint density at radius 2 is 1.88 bits per heavy atom. The highest BCUT2D eigenvalue weighted by molar-refractivity contribution is 7.90. The first-order chi connectivity index (χ1) is 12.2. The second kappa shape index (κ2) is 7.91. The van der Waals surface area contributed by atoms with E-state index in [1.807, 2.05) is 0 Å². The fourth-order valence-electron chi connectivity index (χ4n) is 2.19. The van der Waals surface area contributed by atoms with Gasteiger partial charge >= 0.3 is 0 Å². The van der Waals surface area contributed by atoms with E-state index in [-0.39, 0.29) is 34.9 Å². The van der Waals surface area contributed by atoms with E-state index in [0.717, 1.165) is 12.3 Å². The van der Waals surface area contributed by atoms with Crippen LogP contribution in [-0.4, -0.2) is 38.6 Å². The number of carbonyl (C=O) groups excluding carboxylic acids is 1. The van der Waals surface area contributed by atoms with E-state index in [1.165, 1.54) is 36.4 Å². The van der Waals surface area contributed by atoms with Crippen LogP contribution in [0.2, 0.25) is 0 Å². The Morgan fingerprint density at radius 3 is 2.50 bits per heavy atom. The Labute approximate surface area is 149 Å². The number of anilines is 1. The number of non-ortho nitro benzene ring substituents is 1. The van der Waals surface area contributed by atoms with Gasteiger partial charge in [-0.05, 0) is 18.2 Å². The first kappa shape index (κ1) is 19.3. The number of halogens is 1. The van der Waals surface area contributed by atoms with Gasteiger partial charge in [0.2, 0.25) is 0 Å². The van der Waals surface area contributed by atoms with E-state index in [9.17, 15) is 27.7 Å². The van der Waals surface area contributed by atoms with Gasteiger partial charge in [0.25, 0.3) is 11.6 Å². The number of benzene rings is 2. The van der Waals surface area contributed by atoms with Crippen molar-refractivity contribution in [1.29, 1.82) is 0 Å². The van der Waals surface area contributed by atoms with Gasteiger partial charge in [-0.25, -0.2) is 12.8 Å². The van der Waals surface area contributed by atoms with Gasteiger partial charge in [0.05, 0.1) is 21.1 Å². The lowest BCUT2D eigenvalue weighted by Crippen LogP contribution is -2.29. The average Bonchev–Trinajstić information content (AvgIpc) is 2.58. The summed E-state index contributed by atoms with van der Waals surface area (Å²) in [6.07, 6.45) is 0.942. The van der Waals surface area contributed by atoms with Crippen molar-refractivity contribution in [2.45, 2.75) is 4.90 Å². The van der Waals surface area contributed by atoms with Gasteiger partial charge in [0.1, 0.15) is 5.82 Å². The molecule has 0 aliphatic rings. The molecule has 0 fully saturated rings. The minimum Gasteiger partial charge on any atom is -0.382 e. The summed E-state index contributed by atoms with van der Waals surface area (Å²) in [5.74, 6) is -1.25.